The van der Waals surface area contributed by atoms with Crippen LogP contribution >= 0.6 is 11.3 Å². The Hall–Kier alpha value is -2.33. The van der Waals surface area contributed by atoms with Gasteiger partial charge in [-0.25, -0.2) is 0 Å². The van der Waals surface area contributed by atoms with Gasteiger partial charge in [0, 0.05) is 21.6 Å². The molecule has 4 heteroatoms. The second-order valence-electron chi connectivity index (χ2n) is 6.01. The number of ether oxygens (including phenoxy) is 2. The van der Waals surface area contributed by atoms with E-state index in [0.717, 1.165) is 11.3 Å². The lowest BCUT2D eigenvalue weighted by Gasteiger charge is -2.25. The van der Waals surface area contributed by atoms with Crippen molar-refractivity contribution in [1.29, 1.82) is 0 Å². The first-order chi connectivity index (χ1) is 11.7. The molecule has 1 atom stereocenters. The third-order valence-electron chi connectivity index (χ3n) is 4.50. The second kappa shape index (κ2) is 5.95. The summed E-state index contributed by atoms with van der Waals surface area (Å²) in [5, 5.41) is 1.21. The number of carbonyl (C=O) groups is 1. The molecule has 3 aromatic rings. The van der Waals surface area contributed by atoms with Gasteiger partial charge in [-0.3, -0.25) is 4.79 Å². The fraction of sp³-hybridized carbons (Fsp3) is 0.250. The maximum atomic E-state index is 12.9. The summed E-state index contributed by atoms with van der Waals surface area (Å²) in [6.07, 6.45) is 0.599. The minimum Gasteiger partial charge on any atom is -0.492 e. The van der Waals surface area contributed by atoms with Crippen LogP contribution in [0.25, 0.3) is 10.1 Å². The van der Waals surface area contributed by atoms with Crippen molar-refractivity contribution in [3.8, 4) is 5.75 Å². The normalized spacial score (nSPS) is 19.0. The predicted molar refractivity (Wildman–Crippen MR) is 95.8 cm³/mol. The first-order valence-electron chi connectivity index (χ1n) is 8.10. The Bertz CT molecular complexity index is 866. The molecule has 122 valence electrons. The molecule has 2 aromatic carbocycles. The summed E-state index contributed by atoms with van der Waals surface area (Å²) >= 11 is 1.73. The SMILES string of the molecule is CCOC(=O)C1(Cc2cc3ccccc3s2)COc2ccccc21. The van der Waals surface area contributed by atoms with E-state index in [0.29, 0.717) is 19.6 Å². The molecule has 24 heavy (non-hydrogen) atoms. The first kappa shape index (κ1) is 15.2. The molecular formula is C20H18O3S. The summed E-state index contributed by atoms with van der Waals surface area (Å²) < 4.78 is 12.5. The molecule has 0 saturated carbocycles. The zero-order chi connectivity index (χ0) is 16.6. The molecule has 0 aliphatic carbocycles. The van der Waals surface area contributed by atoms with Gasteiger partial charge < -0.3 is 9.47 Å². The third kappa shape index (κ3) is 2.38. The fourth-order valence-corrected chi connectivity index (χ4v) is 4.52. The quantitative estimate of drug-likeness (QED) is 0.664. The van der Waals surface area contributed by atoms with Crippen LogP contribution in [-0.2, 0) is 21.4 Å². The van der Waals surface area contributed by atoms with Crippen LogP contribution in [-0.4, -0.2) is 19.2 Å². The Labute approximate surface area is 144 Å². The predicted octanol–water partition coefficient (Wildman–Crippen LogP) is 4.34. The van der Waals surface area contributed by atoms with Crippen molar-refractivity contribution in [3.05, 3.63) is 65.0 Å². The number of esters is 1. The standard InChI is InChI=1S/C20H18O3S/c1-2-22-19(21)20(13-23-17-9-5-4-8-16(17)20)12-15-11-14-7-3-6-10-18(14)24-15/h3-11H,2,12-13H2,1H3. The molecule has 0 amide bonds. The van der Waals surface area contributed by atoms with Crippen molar-refractivity contribution in [3.63, 3.8) is 0 Å². The van der Waals surface area contributed by atoms with E-state index in [1.165, 1.54) is 15.0 Å². The summed E-state index contributed by atoms with van der Waals surface area (Å²) in [5.41, 5.74) is 0.175. The molecule has 2 heterocycles. The summed E-state index contributed by atoms with van der Waals surface area (Å²) in [5.74, 6) is 0.582. The monoisotopic (exact) mass is 338 g/mol. The molecule has 1 unspecified atom stereocenters. The van der Waals surface area contributed by atoms with Gasteiger partial charge in [0.05, 0.1) is 6.61 Å². The number of thiophene rings is 1. The third-order valence-corrected chi connectivity index (χ3v) is 5.61. The number of hydrogen-bond acceptors (Lipinski definition) is 4. The van der Waals surface area contributed by atoms with Gasteiger partial charge in [0.25, 0.3) is 0 Å². The van der Waals surface area contributed by atoms with Crippen molar-refractivity contribution in [2.24, 2.45) is 0 Å². The van der Waals surface area contributed by atoms with Crippen molar-refractivity contribution in [2.45, 2.75) is 18.8 Å². The van der Waals surface area contributed by atoms with Crippen LogP contribution in [0.4, 0.5) is 0 Å². The van der Waals surface area contributed by atoms with Crippen molar-refractivity contribution in [1.82, 2.24) is 0 Å². The maximum Gasteiger partial charge on any atom is 0.320 e. The van der Waals surface area contributed by atoms with Gasteiger partial charge in [-0.05, 0) is 30.5 Å². The number of carbonyl (C=O) groups excluding carboxylic acids is 1. The van der Waals surface area contributed by atoms with E-state index in [-0.39, 0.29) is 5.97 Å². The highest BCUT2D eigenvalue weighted by Gasteiger charge is 2.48. The minimum atomic E-state index is -0.756. The molecule has 0 bridgehead atoms. The maximum absolute atomic E-state index is 12.9. The molecule has 0 saturated heterocycles. The Kier molecular flexibility index (Phi) is 3.77. The van der Waals surface area contributed by atoms with E-state index in [1.54, 1.807) is 11.3 Å². The molecule has 4 rings (SSSR count). The zero-order valence-corrected chi connectivity index (χ0v) is 14.3. The van der Waals surface area contributed by atoms with Crippen LogP contribution in [0.15, 0.2) is 54.6 Å². The lowest BCUT2D eigenvalue weighted by molar-refractivity contribution is -0.150. The summed E-state index contributed by atoms with van der Waals surface area (Å²) in [4.78, 5) is 14.0. The highest BCUT2D eigenvalue weighted by Crippen LogP contribution is 2.43. The second-order valence-corrected chi connectivity index (χ2v) is 7.18. The van der Waals surface area contributed by atoms with E-state index in [1.807, 2.05) is 43.3 Å². The van der Waals surface area contributed by atoms with Gasteiger partial charge in [-0.15, -0.1) is 11.3 Å². The lowest BCUT2D eigenvalue weighted by Crippen LogP contribution is -2.41. The molecule has 0 N–H and O–H groups in total. The van der Waals surface area contributed by atoms with Crippen LogP contribution < -0.4 is 4.74 Å². The minimum absolute atomic E-state index is 0.201. The van der Waals surface area contributed by atoms with Gasteiger partial charge in [-0.1, -0.05) is 36.4 Å². The van der Waals surface area contributed by atoms with Crippen molar-refractivity contribution < 1.29 is 14.3 Å². The number of hydrogen-bond donors (Lipinski definition) is 0. The summed E-state index contributed by atoms with van der Waals surface area (Å²) in [6, 6.07) is 18.2. The molecule has 0 radical (unpaired) electrons. The zero-order valence-electron chi connectivity index (χ0n) is 13.5. The molecule has 0 fully saturated rings. The van der Waals surface area contributed by atoms with E-state index in [9.17, 15) is 4.79 Å². The Morgan fingerprint density at radius 1 is 1.21 bits per heavy atom. The van der Waals surface area contributed by atoms with E-state index < -0.39 is 5.41 Å². The fourth-order valence-electron chi connectivity index (χ4n) is 3.34. The van der Waals surface area contributed by atoms with Gasteiger partial charge in [0.1, 0.15) is 17.8 Å². The van der Waals surface area contributed by atoms with Crippen LogP contribution in [0.2, 0.25) is 0 Å². The van der Waals surface area contributed by atoms with Crippen LogP contribution in [0.3, 0.4) is 0 Å². The smallest absolute Gasteiger partial charge is 0.320 e. The Morgan fingerprint density at radius 2 is 2.00 bits per heavy atom. The highest BCUT2D eigenvalue weighted by atomic mass is 32.1. The van der Waals surface area contributed by atoms with Crippen LogP contribution in [0.1, 0.15) is 17.4 Å². The van der Waals surface area contributed by atoms with Crippen LogP contribution in [0, 0.1) is 0 Å². The molecule has 1 aliphatic rings. The largest absolute Gasteiger partial charge is 0.492 e. The lowest BCUT2D eigenvalue weighted by atomic mass is 9.79. The van der Waals surface area contributed by atoms with Gasteiger partial charge in [0.15, 0.2) is 0 Å². The highest BCUT2D eigenvalue weighted by molar-refractivity contribution is 7.19. The number of fused-ring (bicyclic) bond motifs is 2. The van der Waals surface area contributed by atoms with Gasteiger partial charge >= 0.3 is 5.97 Å². The molecular weight excluding hydrogens is 320 g/mol. The number of benzene rings is 2. The summed E-state index contributed by atoms with van der Waals surface area (Å²) in [6.45, 7) is 2.54. The molecule has 0 spiro atoms. The van der Waals surface area contributed by atoms with Gasteiger partial charge in [-0.2, -0.15) is 0 Å². The van der Waals surface area contributed by atoms with E-state index in [4.69, 9.17) is 9.47 Å². The Balaban J connectivity index is 1.78. The Morgan fingerprint density at radius 3 is 2.83 bits per heavy atom. The topological polar surface area (TPSA) is 35.5 Å². The molecule has 3 nitrogen and oxygen atoms in total. The van der Waals surface area contributed by atoms with Crippen molar-refractivity contribution in [2.75, 3.05) is 13.2 Å². The summed E-state index contributed by atoms with van der Waals surface area (Å²) in [7, 11) is 0. The van der Waals surface area contributed by atoms with E-state index >= 15 is 0 Å². The van der Waals surface area contributed by atoms with Gasteiger partial charge in [0.2, 0.25) is 0 Å². The number of rotatable bonds is 4. The average Bonchev–Trinajstić information content (AvgIpc) is 3.17. The van der Waals surface area contributed by atoms with Crippen LogP contribution in [0.5, 0.6) is 5.75 Å². The molecule has 1 aliphatic heterocycles. The number of para-hydroxylation sites is 1. The van der Waals surface area contributed by atoms with Crippen molar-refractivity contribution >= 4 is 27.4 Å². The first-order valence-corrected chi connectivity index (χ1v) is 8.91. The molecule has 1 aromatic heterocycles. The average molecular weight is 338 g/mol. The van der Waals surface area contributed by atoms with E-state index in [2.05, 4.69) is 18.2 Å².